The molecule has 1 aromatic rings. The summed E-state index contributed by atoms with van der Waals surface area (Å²) in [4.78, 5) is 16.6. The van der Waals surface area contributed by atoms with Crippen LogP contribution in [0, 0.1) is 0 Å². The van der Waals surface area contributed by atoms with Crippen molar-refractivity contribution in [2.75, 3.05) is 26.2 Å². The molecular weight excluding hydrogens is 280 g/mol. The van der Waals surface area contributed by atoms with Gasteiger partial charge in [0.1, 0.15) is 0 Å². The van der Waals surface area contributed by atoms with E-state index in [0.717, 1.165) is 58.4 Å². The van der Waals surface area contributed by atoms with Crippen LogP contribution in [0.15, 0.2) is 18.5 Å². The lowest BCUT2D eigenvalue weighted by Crippen LogP contribution is -2.53. The Kier molecular flexibility index (Phi) is 5.10. The molecule has 0 aromatic carbocycles. The Bertz CT molecular complexity index is 469. The number of piperazine rings is 1. The summed E-state index contributed by atoms with van der Waals surface area (Å²) < 4.78 is 1.87. The Morgan fingerprint density at radius 2 is 2.05 bits per heavy atom. The molecule has 6 heteroatoms. The molecule has 0 radical (unpaired) electrons. The minimum Gasteiger partial charge on any atom is -0.391 e. The largest absolute Gasteiger partial charge is 0.391 e. The first-order chi connectivity index (χ1) is 10.7. The summed E-state index contributed by atoms with van der Waals surface area (Å²) >= 11 is 0. The third kappa shape index (κ3) is 3.67. The van der Waals surface area contributed by atoms with Crippen LogP contribution in [0.25, 0.3) is 0 Å². The summed E-state index contributed by atoms with van der Waals surface area (Å²) in [5.74, 6) is 0.249. The fraction of sp³-hybridized carbons (Fsp3) is 0.750. The van der Waals surface area contributed by atoms with Gasteiger partial charge >= 0.3 is 0 Å². The van der Waals surface area contributed by atoms with Crippen molar-refractivity contribution in [3.8, 4) is 0 Å². The maximum Gasteiger partial charge on any atom is 0.222 e. The Labute approximate surface area is 131 Å². The molecular formula is C16H26N4O2. The third-order valence-electron chi connectivity index (χ3n) is 4.92. The maximum atomic E-state index is 12.2. The molecule has 1 N–H and O–H groups in total. The lowest BCUT2D eigenvalue weighted by molar-refractivity contribution is -0.133. The number of carbonyl (C=O) groups is 1. The number of aromatic nitrogens is 2. The van der Waals surface area contributed by atoms with E-state index in [1.54, 1.807) is 6.20 Å². The molecule has 0 unspecified atom stereocenters. The first-order valence-corrected chi connectivity index (χ1v) is 8.41. The first-order valence-electron chi connectivity index (χ1n) is 8.41. The molecule has 3 rings (SSSR count). The topological polar surface area (TPSA) is 61.6 Å². The average Bonchev–Trinajstić information content (AvgIpc) is 3.19. The number of aryl methyl sites for hydroxylation is 1. The van der Waals surface area contributed by atoms with Gasteiger partial charge in [-0.1, -0.05) is 0 Å². The lowest BCUT2D eigenvalue weighted by atomic mass is 10.1. The molecule has 1 aliphatic carbocycles. The predicted molar refractivity (Wildman–Crippen MR) is 83.3 cm³/mol. The highest BCUT2D eigenvalue weighted by atomic mass is 16.3. The van der Waals surface area contributed by atoms with Crippen LogP contribution in [0.2, 0.25) is 0 Å². The molecule has 22 heavy (non-hydrogen) atoms. The summed E-state index contributed by atoms with van der Waals surface area (Å²) in [6, 6.07) is 2.22. The van der Waals surface area contributed by atoms with Gasteiger partial charge in [0, 0.05) is 57.6 Å². The second kappa shape index (κ2) is 7.24. The minimum absolute atomic E-state index is 0.170. The predicted octanol–water partition coefficient (Wildman–Crippen LogP) is 0.721. The van der Waals surface area contributed by atoms with Gasteiger partial charge in [-0.15, -0.1) is 0 Å². The van der Waals surface area contributed by atoms with Crippen LogP contribution in [0.4, 0.5) is 0 Å². The molecule has 122 valence electrons. The van der Waals surface area contributed by atoms with Crippen LogP contribution in [-0.2, 0) is 11.3 Å². The molecule has 1 saturated carbocycles. The van der Waals surface area contributed by atoms with Gasteiger partial charge in [-0.25, -0.2) is 0 Å². The quantitative estimate of drug-likeness (QED) is 0.871. The van der Waals surface area contributed by atoms with Crippen LogP contribution in [0.5, 0.6) is 0 Å². The van der Waals surface area contributed by atoms with Crippen molar-refractivity contribution >= 4 is 5.91 Å². The molecule has 1 aliphatic heterocycles. The highest BCUT2D eigenvalue weighted by Crippen LogP contribution is 2.25. The average molecular weight is 306 g/mol. The van der Waals surface area contributed by atoms with Crippen molar-refractivity contribution in [2.45, 2.75) is 50.8 Å². The fourth-order valence-corrected chi connectivity index (χ4v) is 3.63. The fourth-order valence-electron chi connectivity index (χ4n) is 3.63. The van der Waals surface area contributed by atoms with Gasteiger partial charge in [0.05, 0.1) is 6.10 Å². The van der Waals surface area contributed by atoms with Crippen LogP contribution in [0.1, 0.15) is 32.1 Å². The summed E-state index contributed by atoms with van der Waals surface area (Å²) in [5, 5.41) is 14.1. The highest BCUT2D eigenvalue weighted by Gasteiger charge is 2.33. The zero-order chi connectivity index (χ0) is 15.4. The number of aliphatic hydroxyl groups excluding tert-OH is 1. The number of hydrogen-bond acceptors (Lipinski definition) is 4. The first kappa shape index (κ1) is 15.5. The van der Waals surface area contributed by atoms with Crippen LogP contribution < -0.4 is 0 Å². The van der Waals surface area contributed by atoms with Crippen molar-refractivity contribution in [1.29, 1.82) is 0 Å². The minimum atomic E-state index is -0.170. The van der Waals surface area contributed by atoms with E-state index in [-0.39, 0.29) is 12.0 Å². The molecule has 6 nitrogen and oxygen atoms in total. The van der Waals surface area contributed by atoms with E-state index in [1.165, 1.54) is 0 Å². The van der Waals surface area contributed by atoms with Crippen LogP contribution in [0.3, 0.4) is 0 Å². The van der Waals surface area contributed by atoms with Gasteiger partial charge in [0.25, 0.3) is 0 Å². The molecule has 2 heterocycles. The smallest absolute Gasteiger partial charge is 0.222 e. The van der Waals surface area contributed by atoms with Gasteiger partial charge in [0.2, 0.25) is 5.91 Å². The Morgan fingerprint density at radius 3 is 2.68 bits per heavy atom. The molecule has 2 fully saturated rings. The lowest BCUT2D eigenvalue weighted by Gasteiger charge is -2.39. The summed E-state index contributed by atoms with van der Waals surface area (Å²) in [6.45, 7) is 4.18. The number of rotatable bonds is 5. The maximum absolute atomic E-state index is 12.2. The standard InChI is InChI=1S/C16H26N4O2/c21-15-5-1-4-14(15)18-10-12-19(13-11-18)16(22)6-2-8-20-9-3-7-17-20/h3,7,9,14-15,21H,1-2,4-6,8,10-13H2/t14-,15-/m0/s1. The zero-order valence-electron chi connectivity index (χ0n) is 13.1. The molecule has 2 atom stereocenters. The molecule has 1 amide bonds. The van der Waals surface area contributed by atoms with Gasteiger partial charge < -0.3 is 10.0 Å². The Morgan fingerprint density at radius 1 is 1.23 bits per heavy atom. The Hall–Kier alpha value is -1.40. The van der Waals surface area contributed by atoms with E-state index in [0.29, 0.717) is 12.5 Å². The number of nitrogens with zero attached hydrogens (tertiary/aromatic N) is 4. The monoisotopic (exact) mass is 306 g/mol. The second-order valence-electron chi connectivity index (χ2n) is 6.36. The molecule has 0 bridgehead atoms. The van der Waals surface area contributed by atoms with E-state index in [4.69, 9.17) is 0 Å². The third-order valence-corrected chi connectivity index (χ3v) is 4.92. The van der Waals surface area contributed by atoms with Gasteiger partial charge in [0.15, 0.2) is 0 Å². The van der Waals surface area contributed by atoms with E-state index in [9.17, 15) is 9.90 Å². The highest BCUT2D eigenvalue weighted by molar-refractivity contribution is 5.76. The van der Waals surface area contributed by atoms with Crippen molar-refractivity contribution in [3.63, 3.8) is 0 Å². The van der Waals surface area contributed by atoms with E-state index >= 15 is 0 Å². The van der Waals surface area contributed by atoms with Crippen molar-refractivity contribution < 1.29 is 9.90 Å². The van der Waals surface area contributed by atoms with Crippen molar-refractivity contribution in [2.24, 2.45) is 0 Å². The van der Waals surface area contributed by atoms with E-state index in [2.05, 4.69) is 10.00 Å². The van der Waals surface area contributed by atoms with Gasteiger partial charge in [-0.05, 0) is 31.7 Å². The number of carbonyl (C=O) groups excluding carboxylic acids is 1. The number of aliphatic hydroxyl groups is 1. The number of hydrogen-bond donors (Lipinski definition) is 1. The summed E-state index contributed by atoms with van der Waals surface area (Å²) in [7, 11) is 0. The van der Waals surface area contributed by atoms with Crippen LogP contribution >= 0.6 is 0 Å². The van der Waals surface area contributed by atoms with Crippen LogP contribution in [-0.4, -0.2) is 68.9 Å². The van der Waals surface area contributed by atoms with Gasteiger partial charge in [-0.2, -0.15) is 5.10 Å². The summed E-state index contributed by atoms with van der Waals surface area (Å²) in [5.41, 5.74) is 0. The normalized spacial score (nSPS) is 26.5. The Balaban J connectivity index is 1.38. The molecule has 1 saturated heterocycles. The molecule has 2 aliphatic rings. The van der Waals surface area contributed by atoms with Crippen molar-refractivity contribution in [1.82, 2.24) is 19.6 Å². The van der Waals surface area contributed by atoms with Gasteiger partial charge in [-0.3, -0.25) is 14.4 Å². The molecule has 1 aromatic heterocycles. The van der Waals surface area contributed by atoms with Crippen molar-refractivity contribution in [3.05, 3.63) is 18.5 Å². The van der Waals surface area contributed by atoms with E-state index in [1.807, 2.05) is 21.8 Å². The SMILES string of the molecule is O=C(CCCn1cccn1)N1CCN([C@H]2CCC[C@@H]2O)CC1. The molecule has 0 spiro atoms. The number of amides is 1. The van der Waals surface area contributed by atoms with E-state index < -0.39 is 0 Å². The second-order valence-corrected chi connectivity index (χ2v) is 6.36. The zero-order valence-corrected chi connectivity index (χ0v) is 13.1. The summed E-state index contributed by atoms with van der Waals surface area (Å²) in [6.07, 6.45) is 8.09.